The Hall–Kier alpha value is -2.51. The summed E-state index contributed by atoms with van der Waals surface area (Å²) in [7, 11) is -3.86. The van der Waals surface area contributed by atoms with Gasteiger partial charge < -0.3 is 0 Å². The number of rotatable bonds is 5. The Morgan fingerprint density at radius 1 is 1.00 bits per heavy atom. The van der Waals surface area contributed by atoms with E-state index in [2.05, 4.69) is 25.6 Å². The third-order valence-electron chi connectivity index (χ3n) is 3.75. The molecule has 0 bridgehead atoms. The van der Waals surface area contributed by atoms with E-state index < -0.39 is 10.0 Å². The molecule has 1 N–H and O–H groups in total. The van der Waals surface area contributed by atoms with Gasteiger partial charge in [-0.25, -0.2) is 13.4 Å². The van der Waals surface area contributed by atoms with Gasteiger partial charge in [-0.05, 0) is 55.0 Å². The second-order valence-corrected chi connectivity index (χ2v) is 8.20. The Bertz CT molecular complexity index is 1050. The maximum Gasteiger partial charge on any atom is 0.263 e. The van der Waals surface area contributed by atoms with Crippen molar-refractivity contribution in [1.29, 1.82) is 0 Å². The normalized spacial score (nSPS) is 11.2. The highest BCUT2D eigenvalue weighted by Crippen LogP contribution is 2.22. The average Bonchev–Trinajstić information content (AvgIpc) is 2.62. The first-order chi connectivity index (χ1) is 12.4. The summed E-state index contributed by atoms with van der Waals surface area (Å²) in [4.78, 5) is 16.7. The van der Waals surface area contributed by atoms with E-state index in [1.54, 1.807) is 61.5 Å². The van der Waals surface area contributed by atoms with Gasteiger partial charge in [-0.2, -0.15) is 0 Å². The van der Waals surface area contributed by atoms with Crippen LogP contribution < -0.4 is 4.72 Å². The minimum absolute atomic E-state index is 0.0473. The van der Waals surface area contributed by atoms with E-state index in [-0.39, 0.29) is 16.5 Å². The van der Waals surface area contributed by atoms with Crippen molar-refractivity contribution in [3.05, 3.63) is 88.0 Å². The van der Waals surface area contributed by atoms with Crippen molar-refractivity contribution in [2.24, 2.45) is 0 Å². The van der Waals surface area contributed by atoms with E-state index in [0.717, 1.165) is 4.47 Å². The number of sulfonamides is 1. The summed E-state index contributed by atoms with van der Waals surface area (Å²) in [6.45, 7) is 1.68. The van der Waals surface area contributed by atoms with E-state index in [0.29, 0.717) is 16.7 Å². The lowest BCUT2D eigenvalue weighted by Crippen LogP contribution is -2.16. The van der Waals surface area contributed by atoms with Gasteiger partial charge in [0.2, 0.25) is 0 Å². The van der Waals surface area contributed by atoms with Gasteiger partial charge >= 0.3 is 0 Å². The molecule has 0 aliphatic heterocycles. The largest absolute Gasteiger partial charge is 0.289 e. The molecule has 0 saturated carbocycles. The number of aryl methyl sites for hydroxylation is 1. The lowest BCUT2D eigenvalue weighted by molar-refractivity contribution is 0.103. The molecule has 2 aromatic carbocycles. The summed E-state index contributed by atoms with van der Waals surface area (Å²) < 4.78 is 28.7. The molecule has 5 nitrogen and oxygen atoms in total. The van der Waals surface area contributed by atoms with Gasteiger partial charge in [0.05, 0.1) is 4.90 Å². The Kier molecular flexibility index (Phi) is 5.20. The number of carbonyl (C=O) groups is 1. The zero-order chi connectivity index (χ0) is 18.7. The van der Waals surface area contributed by atoms with Gasteiger partial charge in [-0.3, -0.25) is 9.52 Å². The van der Waals surface area contributed by atoms with E-state index in [9.17, 15) is 13.2 Å². The maximum absolute atomic E-state index is 12.7. The topological polar surface area (TPSA) is 76.1 Å². The van der Waals surface area contributed by atoms with Crippen LogP contribution >= 0.6 is 15.9 Å². The van der Waals surface area contributed by atoms with Gasteiger partial charge in [0.15, 0.2) is 5.78 Å². The lowest BCUT2D eigenvalue weighted by atomic mass is 10.0. The fourth-order valence-electron chi connectivity index (χ4n) is 2.41. The van der Waals surface area contributed by atoms with Crippen molar-refractivity contribution >= 4 is 37.6 Å². The van der Waals surface area contributed by atoms with Crippen LogP contribution in [0.3, 0.4) is 0 Å². The summed E-state index contributed by atoms with van der Waals surface area (Å²) in [6, 6.07) is 16.5. The number of carbonyl (C=O) groups excluding carboxylic acids is 1. The predicted molar refractivity (Wildman–Crippen MR) is 104 cm³/mol. The van der Waals surface area contributed by atoms with Gasteiger partial charge in [0, 0.05) is 21.8 Å². The number of hydrogen-bond donors (Lipinski definition) is 1. The maximum atomic E-state index is 12.7. The van der Waals surface area contributed by atoms with Crippen molar-refractivity contribution in [3.63, 3.8) is 0 Å². The molecule has 0 atom stereocenters. The molecule has 0 saturated heterocycles. The van der Waals surface area contributed by atoms with Crippen LogP contribution in [0.2, 0.25) is 0 Å². The Morgan fingerprint density at radius 2 is 1.69 bits per heavy atom. The number of pyridine rings is 1. The standard InChI is InChI=1S/C19H15BrN2O3S/c1-13-5-6-15(19(23)14-7-9-16(20)10-8-14)12-17(13)26(24,25)22-18-4-2-3-11-21-18/h2-12H,1H3,(H,21,22). The van der Waals surface area contributed by atoms with Crippen molar-refractivity contribution in [3.8, 4) is 0 Å². The molecule has 0 radical (unpaired) electrons. The second-order valence-electron chi connectivity index (χ2n) is 5.64. The minimum Gasteiger partial charge on any atom is -0.289 e. The number of aromatic nitrogens is 1. The zero-order valence-electron chi connectivity index (χ0n) is 13.8. The molecule has 1 aromatic heterocycles. The average molecular weight is 431 g/mol. The van der Waals surface area contributed by atoms with Gasteiger partial charge in [0.25, 0.3) is 10.0 Å². The van der Waals surface area contributed by atoms with Crippen molar-refractivity contribution in [1.82, 2.24) is 4.98 Å². The summed E-state index contributed by atoms with van der Waals surface area (Å²) in [6.07, 6.45) is 1.50. The number of nitrogens with one attached hydrogen (secondary N) is 1. The van der Waals surface area contributed by atoms with E-state index in [4.69, 9.17) is 0 Å². The van der Waals surface area contributed by atoms with Crippen LogP contribution in [0.25, 0.3) is 0 Å². The highest BCUT2D eigenvalue weighted by molar-refractivity contribution is 9.10. The van der Waals surface area contributed by atoms with Gasteiger partial charge in [-0.1, -0.05) is 34.1 Å². The summed E-state index contributed by atoms with van der Waals surface area (Å²) >= 11 is 3.32. The first kappa shape index (κ1) is 18.3. The molecule has 0 spiro atoms. The zero-order valence-corrected chi connectivity index (χ0v) is 16.2. The van der Waals surface area contributed by atoms with Crippen LogP contribution in [0.15, 0.2) is 76.2 Å². The fraction of sp³-hybridized carbons (Fsp3) is 0.0526. The van der Waals surface area contributed by atoms with Crippen molar-refractivity contribution in [2.75, 3.05) is 4.72 Å². The summed E-state index contributed by atoms with van der Waals surface area (Å²) in [5, 5.41) is 0. The van der Waals surface area contributed by atoms with Crippen molar-refractivity contribution in [2.45, 2.75) is 11.8 Å². The quantitative estimate of drug-likeness (QED) is 0.615. The predicted octanol–water partition coefficient (Wildman–Crippen LogP) is 4.18. The molecular weight excluding hydrogens is 416 g/mol. The summed E-state index contributed by atoms with van der Waals surface area (Å²) in [5.74, 6) is -0.0247. The molecule has 0 fully saturated rings. The number of ketones is 1. The van der Waals surface area contributed by atoms with Gasteiger partial charge in [0.1, 0.15) is 5.82 Å². The smallest absolute Gasteiger partial charge is 0.263 e. The van der Waals surface area contributed by atoms with Crippen molar-refractivity contribution < 1.29 is 13.2 Å². The van der Waals surface area contributed by atoms with Gasteiger partial charge in [-0.15, -0.1) is 0 Å². The SMILES string of the molecule is Cc1ccc(C(=O)c2ccc(Br)cc2)cc1S(=O)(=O)Nc1ccccn1. The monoisotopic (exact) mass is 430 g/mol. The Labute approximate surface area is 160 Å². The number of benzene rings is 2. The minimum atomic E-state index is -3.86. The first-order valence-corrected chi connectivity index (χ1v) is 9.99. The van der Waals surface area contributed by atoms with Crippen LogP contribution in [0.5, 0.6) is 0 Å². The molecule has 0 aliphatic carbocycles. The van der Waals surface area contributed by atoms with E-state index in [1.807, 2.05) is 0 Å². The van der Waals surface area contributed by atoms with Crippen LogP contribution in [0.4, 0.5) is 5.82 Å². The van der Waals surface area contributed by atoms with Crippen LogP contribution in [0, 0.1) is 6.92 Å². The number of nitrogens with zero attached hydrogens (tertiary/aromatic N) is 1. The highest BCUT2D eigenvalue weighted by atomic mass is 79.9. The summed E-state index contributed by atoms with van der Waals surface area (Å²) in [5.41, 5.74) is 1.33. The van der Waals surface area contributed by atoms with E-state index >= 15 is 0 Å². The third kappa shape index (κ3) is 4.00. The molecule has 3 rings (SSSR count). The number of halogens is 1. The molecule has 0 amide bonds. The second kappa shape index (κ2) is 7.39. The Morgan fingerprint density at radius 3 is 2.35 bits per heavy atom. The van der Waals surface area contributed by atoms with Crippen LogP contribution in [0.1, 0.15) is 21.5 Å². The number of anilines is 1. The molecule has 26 heavy (non-hydrogen) atoms. The number of hydrogen-bond acceptors (Lipinski definition) is 4. The highest BCUT2D eigenvalue weighted by Gasteiger charge is 2.20. The molecule has 7 heteroatoms. The van der Waals surface area contributed by atoms with Crippen LogP contribution in [-0.4, -0.2) is 19.2 Å². The lowest BCUT2D eigenvalue weighted by Gasteiger charge is -2.11. The molecular formula is C19H15BrN2O3S. The Balaban J connectivity index is 1.97. The first-order valence-electron chi connectivity index (χ1n) is 7.71. The molecule has 1 heterocycles. The molecule has 3 aromatic rings. The fourth-order valence-corrected chi connectivity index (χ4v) is 3.96. The third-order valence-corrected chi connectivity index (χ3v) is 5.78. The van der Waals surface area contributed by atoms with E-state index in [1.165, 1.54) is 12.3 Å². The molecule has 0 unspecified atom stereocenters. The van der Waals surface area contributed by atoms with Crippen LogP contribution in [-0.2, 0) is 10.0 Å². The molecule has 132 valence electrons. The molecule has 0 aliphatic rings.